The van der Waals surface area contributed by atoms with Crippen LogP contribution in [0.25, 0.3) is 11.0 Å². The Balaban J connectivity index is 1.87. The average molecular weight is 382 g/mol. The van der Waals surface area contributed by atoms with Gasteiger partial charge in [-0.1, -0.05) is 32.9 Å². The number of aliphatic carboxylic acids is 1. The fourth-order valence-corrected chi connectivity index (χ4v) is 2.77. The molecule has 1 unspecified atom stereocenters. The number of benzene rings is 2. The minimum atomic E-state index is -1.05. The maximum atomic E-state index is 12.7. The zero-order valence-corrected chi connectivity index (χ0v) is 16.0. The van der Waals surface area contributed by atoms with Crippen molar-refractivity contribution < 1.29 is 23.8 Å². The average Bonchev–Trinajstić information content (AvgIpc) is 2.68. The second-order valence-electron chi connectivity index (χ2n) is 6.81. The lowest BCUT2D eigenvalue weighted by Gasteiger charge is -2.18. The molecule has 1 heterocycles. The molecule has 6 nitrogen and oxygen atoms in total. The summed E-state index contributed by atoms with van der Waals surface area (Å²) in [5, 5.41) is 9.58. The number of carbonyl (C=O) groups is 1. The van der Waals surface area contributed by atoms with Gasteiger partial charge >= 0.3 is 5.97 Å². The van der Waals surface area contributed by atoms with Crippen molar-refractivity contribution in [2.75, 3.05) is 0 Å². The lowest BCUT2D eigenvalue weighted by atomic mass is 10.1. The minimum absolute atomic E-state index is 0.0796. The molecule has 0 bridgehead atoms. The molecule has 28 heavy (non-hydrogen) atoms. The SMILES string of the molecule is CCc1ccc(Oc2coc3cc(OC(C(=O)O)C(C)C)ccc3c2=O)cc1. The molecule has 3 rings (SSSR count). The molecule has 0 aliphatic carbocycles. The second-order valence-corrected chi connectivity index (χ2v) is 6.81. The Morgan fingerprint density at radius 3 is 2.39 bits per heavy atom. The lowest BCUT2D eigenvalue weighted by molar-refractivity contribution is -0.147. The Bertz CT molecular complexity index is 1030. The van der Waals surface area contributed by atoms with Gasteiger partial charge in [-0.05, 0) is 36.2 Å². The van der Waals surface area contributed by atoms with Crippen LogP contribution in [0.15, 0.2) is 57.9 Å². The first-order chi connectivity index (χ1) is 13.4. The van der Waals surface area contributed by atoms with Gasteiger partial charge in [0.15, 0.2) is 6.10 Å². The number of rotatable bonds is 7. The predicted molar refractivity (Wildman–Crippen MR) is 105 cm³/mol. The molecule has 0 fully saturated rings. The number of carboxylic acid groups (broad SMARTS) is 1. The predicted octanol–water partition coefficient (Wildman–Crippen LogP) is 4.64. The van der Waals surface area contributed by atoms with Crippen molar-refractivity contribution >= 4 is 16.9 Å². The van der Waals surface area contributed by atoms with E-state index in [1.807, 2.05) is 12.1 Å². The van der Waals surface area contributed by atoms with Crippen molar-refractivity contribution in [3.8, 4) is 17.2 Å². The Labute approximate surface area is 162 Å². The van der Waals surface area contributed by atoms with Crippen LogP contribution in [-0.2, 0) is 11.2 Å². The van der Waals surface area contributed by atoms with E-state index in [-0.39, 0.29) is 17.1 Å². The molecule has 6 heteroatoms. The van der Waals surface area contributed by atoms with Gasteiger partial charge in [0.1, 0.15) is 23.3 Å². The molecule has 1 atom stereocenters. The van der Waals surface area contributed by atoms with E-state index in [9.17, 15) is 14.7 Å². The van der Waals surface area contributed by atoms with Gasteiger partial charge in [0.05, 0.1) is 5.39 Å². The zero-order chi connectivity index (χ0) is 20.3. The van der Waals surface area contributed by atoms with E-state index in [0.717, 1.165) is 6.42 Å². The molecule has 0 amide bonds. The molecular formula is C22H22O6. The molecule has 3 aromatic rings. The smallest absolute Gasteiger partial charge is 0.345 e. The summed E-state index contributed by atoms with van der Waals surface area (Å²) in [5.41, 5.74) is 1.15. The highest BCUT2D eigenvalue weighted by Crippen LogP contribution is 2.25. The summed E-state index contributed by atoms with van der Waals surface area (Å²) < 4.78 is 16.7. The van der Waals surface area contributed by atoms with Gasteiger partial charge in [0.2, 0.25) is 11.2 Å². The largest absolute Gasteiger partial charge is 0.478 e. The Kier molecular flexibility index (Phi) is 5.68. The summed E-state index contributed by atoms with van der Waals surface area (Å²) in [7, 11) is 0. The van der Waals surface area contributed by atoms with Gasteiger partial charge in [-0.3, -0.25) is 4.79 Å². The molecule has 0 aliphatic rings. The summed E-state index contributed by atoms with van der Waals surface area (Å²) in [5.74, 6) is -0.314. The molecule has 0 saturated carbocycles. The third-order valence-corrected chi connectivity index (χ3v) is 4.39. The zero-order valence-electron chi connectivity index (χ0n) is 16.0. The highest BCUT2D eigenvalue weighted by molar-refractivity contribution is 5.79. The van der Waals surface area contributed by atoms with Crippen LogP contribution in [0.4, 0.5) is 0 Å². The second kappa shape index (κ2) is 8.17. The van der Waals surface area contributed by atoms with Gasteiger partial charge < -0.3 is 19.0 Å². The van der Waals surface area contributed by atoms with Gasteiger partial charge in [0.25, 0.3) is 0 Å². The van der Waals surface area contributed by atoms with Crippen LogP contribution in [0, 0.1) is 5.92 Å². The third-order valence-electron chi connectivity index (χ3n) is 4.39. The van der Waals surface area contributed by atoms with Crippen molar-refractivity contribution in [1.82, 2.24) is 0 Å². The van der Waals surface area contributed by atoms with Crippen molar-refractivity contribution in [1.29, 1.82) is 0 Å². The number of hydrogen-bond acceptors (Lipinski definition) is 5. The van der Waals surface area contributed by atoms with Crippen LogP contribution in [0.3, 0.4) is 0 Å². The van der Waals surface area contributed by atoms with E-state index in [4.69, 9.17) is 13.9 Å². The number of hydrogen-bond donors (Lipinski definition) is 1. The standard InChI is InChI=1S/C22H22O6/c1-4-14-5-7-15(8-6-14)27-19-12-26-18-11-16(9-10-17(18)20(19)23)28-21(13(2)3)22(24)25/h5-13,21H,4H2,1-3H3,(H,24,25). The summed E-state index contributed by atoms with van der Waals surface area (Å²) in [6.07, 6.45) is 1.18. The van der Waals surface area contributed by atoms with Crippen LogP contribution >= 0.6 is 0 Å². The molecule has 1 aromatic heterocycles. The van der Waals surface area contributed by atoms with Crippen molar-refractivity contribution in [2.45, 2.75) is 33.3 Å². The maximum absolute atomic E-state index is 12.7. The van der Waals surface area contributed by atoms with Gasteiger partial charge in [-0.2, -0.15) is 0 Å². The van der Waals surface area contributed by atoms with Crippen LogP contribution in [0.2, 0.25) is 0 Å². The van der Waals surface area contributed by atoms with Gasteiger partial charge in [-0.15, -0.1) is 0 Å². The van der Waals surface area contributed by atoms with Gasteiger partial charge in [0, 0.05) is 12.0 Å². The summed E-state index contributed by atoms with van der Waals surface area (Å²) >= 11 is 0. The normalized spacial score (nSPS) is 12.1. The first-order valence-corrected chi connectivity index (χ1v) is 9.11. The lowest BCUT2D eigenvalue weighted by Crippen LogP contribution is -2.32. The first-order valence-electron chi connectivity index (χ1n) is 9.11. The van der Waals surface area contributed by atoms with E-state index < -0.39 is 12.1 Å². The van der Waals surface area contributed by atoms with Crippen LogP contribution in [-0.4, -0.2) is 17.2 Å². The van der Waals surface area contributed by atoms with E-state index in [1.165, 1.54) is 17.9 Å². The van der Waals surface area contributed by atoms with E-state index in [2.05, 4.69) is 6.92 Å². The van der Waals surface area contributed by atoms with E-state index in [1.54, 1.807) is 38.1 Å². The maximum Gasteiger partial charge on any atom is 0.345 e. The molecule has 0 aliphatic heterocycles. The Morgan fingerprint density at radius 1 is 1.11 bits per heavy atom. The summed E-state index contributed by atoms with van der Waals surface area (Å²) in [4.78, 5) is 24.0. The van der Waals surface area contributed by atoms with Gasteiger partial charge in [-0.25, -0.2) is 4.79 Å². The minimum Gasteiger partial charge on any atom is -0.478 e. The van der Waals surface area contributed by atoms with Crippen LogP contribution in [0.1, 0.15) is 26.3 Å². The number of fused-ring (bicyclic) bond motifs is 1. The quantitative estimate of drug-likeness (QED) is 0.641. The van der Waals surface area contributed by atoms with Crippen LogP contribution in [0.5, 0.6) is 17.2 Å². The molecule has 0 radical (unpaired) electrons. The fraction of sp³-hybridized carbons (Fsp3) is 0.273. The monoisotopic (exact) mass is 382 g/mol. The summed E-state index contributed by atoms with van der Waals surface area (Å²) in [6, 6.07) is 12.1. The molecule has 0 spiro atoms. The molecule has 1 N–H and O–H groups in total. The van der Waals surface area contributed by atoms with Crippen molar-refractivity contribution in [3.63, 3.8) is 0 Å². The first kappa shape index (κ1) is 19.5. The third kappa shape index (κ3) is 4.17. The Morgan fingerprint density at radius 2 is 1.79 bits per heavy atom. The Hall–Kier alpha value is -3.28. The molecule has 2 aromatic carbocycles. The molecular weight excluding hydrogens is 360 g/mol. The number of aryl methyl sites for hydroxylation is 1. The summed E-state index contributed by atoms with van der Waals surface area (Å²) in [6.45, 7) is 5.58. The van der Waals surface area contributed by atoms with Crippen molar-refractivity contribution in [2.24, 2.45) is 5.92 Å². The highest BCUT2D eigenvalue weighted by Gasteiger charge is 2.23. The van der Waals surface area contributed by atoms with Crippen LogP contribution < -0.4 is 14.9 Å². The highest BCUT2D eigenvalue weighted by atomic mass is 16.5. The number of ether oxygens (including phenoxy) is 2. The fourth-order valence-electron chi connectivity index (χ4n) is 2.77. The van der Waals surface area contributed by atoms with E-state index >= 15 is 0 Å². The molecule has 0 saturated heterocycles. The molecule has 146 valence electrons. The number of carboxylic acids is 1. The van der Waals surface area contributed by atoms with Crippen molar-refractivity contribution in [3.05, 3.63) is 64.5 Å². The topological polar surface area (TPSA) is 86.0 Å². The van der Waals surface area contributed by atoms with E-state index in [0.29, 0.717) is 22.5 Å².